The number of carboxylic acid groups (broad SMARTS) is 1. The highest BCUT2D eigenvalue weighted by Gasteiger charge is 2.47. The molecular formula is C10H14N4O2. The van der Waals surface area contributed by atoms with Gasteiger partial charge >= 0.3 is 5.97 Å². The monoisotopic (exact) mass is 222 g/mol. The van der Waals surface area contributed by atoms with Gasteiger partial charge in [-0.2, -0.15) is 0 Å². The number of aromatic nitrogens is 4. The van der Waals surface area contributed by atoms with E-state index in [4.69, 9.17) is 5.11 Å². The lowest BCUT2D eigenvalue weighted by molar-refractivity contribution is -0.140. The van der Waals surface area contributed by atoms with Gasteiger partial charge in [0.05, 0.1) is 0 Å². The third-order valence-corrected chi connectivity index (χ3v) is 3.85. The fourth-order valence-corrected chi connectivity index (χ4v) is 2.78. The summed E-state index contributed by atoms with van der Waals surface area (Å²) in [5.41, 5.74) is 0. The van der Waals surface area contributed by atoms with Gasteiger partial charge in [0.15, 0.2) is 5.82 Å². The van der Waals surface area contributed by atoms with Crippen LogP contribution in [0.4, 0.5) is 0 Å². The van der Waals surface area contributed by atoms with Gasteiger partial charge in [-0.3, -0.25) is 0 Å². The van der Waals surface area contributed by atoms with Crippen molar-refractivity contribution in [1.82, 2.24) is 20.2 Å². The Hall–Kier alpha value is -1.46. The molecule has 3 atom stereocenters. The summed E-state index contributed by atoms with van der Waals surface area (Å²) in [5, 5.41) is 20.4. The normalized spacial score (nSPS) is 33.4. The lowest BCUT2D eigenvalue weighted by atomic mass is 10.0. The summed E-state index contributed by atoms with van der Waals surface area (Å²) in [5.74, 6) is 1.91. The zero-order chi connectivity index (χ0) is 11.3. The molecule has 0 aromatic carbocycles. The summed E-state index contributed by atoms with van der Waals surface area (Å²) >= 11 is 0. The molecule has 0 aliphatic heterocycles. The van der Waals surface area contributed by atoms with Crippen molar-refractivity contribution in [2.75, 3.05) is 0 Å². The zero-order valence-corrected chi connectivity index (χ0v) is 9.08. The van der Waals surface area contributed by atoms with E-state index in [9.17, 15) is 4.79 Å². The molecule has 0 amide bonds. The molecule has 1 aromatic rings. The summed E-state index contributed by atoms with van der Waals surface area (Å²) < 4.78 is 1.46. The molecule has 1 aromatic heterocycles. The van der Waals surface area contributed by atoms with Crippen LogP contribution in [0.15, 0.2) is 0 Å². The second kappa shape index (κ2) is 3.26. The average Bonchev–Trinajstić information content (AvgIpc) is 2.71. The van der Waals surface area contributed by atoms with Crippen LogP contribution in [0.5, 0.6) is 0 Å². The molecule has 2 aliphatic carbocycles. The van der Waals surface area contributed by atoms with E-state index in [1.165, 1.54) is 11.1 Å². The maximum absolute atomic E-state index is 10.9. The van der Waals surface area contributed by atoms with Gasteiger partial charge in [0.25, 0.3) is 0 Å². The van der Waals surface area contributed by atoms with Crippen molar-refractivity contribution in [2.45, 2.75) is 38.1 Å². The van der Waals surface area contributed by atoms with Crippen molar-refractivity contribution in [3.63, 3.8) is 0 Å². The number of carbonyl (C=O) groups is 1. The predicted octanol–water partition coefficient (Wildman–Crippen LogP) is 0.832. The van der Waals surface area contributed by atoms with Crippen LogP contribution in [0.1, 0.15) is 44.0 Å². The predicted molar refractivity (Wildman–Crippen MR) is 53.7 cm³/mol. The van der Waals surface area contributed by atoms with Gasteiger partial charge in [-0.1, -0.05) is 0 Å². The van der Waals surface area contributed by atoms with E-state index in [-0.39, 0.29) is 0 Å². The van der Waals surface area contributed by atoms with Crippen LogP contribution in [-0.2, 0) is 4.79 Å². The number of hydrogen-bond donors (Lipinski definition) is 1. The molecule has 3 rings (SSSR count). The summed E-state index contributed by atoms with van der Waals surface area (Å²) in [7, 11) is 0. The van der Waals surface area contributed by atoms with Crippen LogP contribution in [0.3, 0.4) is 0 Å². The molecule has 2 fully saturated rings. The Morgan fingerprint density at radius 2 is 2.12 bits per heavy atom. The molecule has 16 heavy (non-hydrogen) atoms. The molecule has 0 bridgehead atoms. The lowest BCUT2D eigenvalue weighted by Crippen LogP contribution is -2.20. The Kier molecular flexibility index (Phi) is 1.99. The molecular weight excluding hydrogens is 208 g/mol. The summed E-state index contributed by atoms with van der Waals surface area (Å²) in [6, 6.07) is -0.679. The van der Waals surface area contributed by atoms with E-state index in [0.29, 0.717) is 5.92 Å². The van der Waals surface area contributed by atoms with E-state index in [1.54, 1.807) is 6.92 Å². The van der Waals surface area contributed by atoms with Gasteiger partial charge in [0.2, 0.25) is 0 Å². The Bertz CT molecular complexity index is 420. The highest BCUT2D eigenvalue weighted by molar-refractivity contribution is 5.71. The Morgan fingerprint density at radius 1 is 1.44 bits per heavy atom. The van der Waals surface area contributed by atoms with Crippen LogP contribution in [0.2, 0.25) is 0 Å². The van der Waals surface area contributed by atoms with E-state index in [1.807, 2.05) is 0 Å². The minimum atomic E-state index is -0.892. The Labute approximate surface area is 92.6 Å². The SMILES string of the molecule is CC(C(=O)O)n1nnnc1C1CC2CC2C1. The fourth-order valence-electron chi connectivity index (χ4n) is 2.78. The van der Waals surface area contributed by atoms with Gasteiger partial charge in [-0.05, 0) is 48.4 Å². The second-order valence-corrected chi connectivity index (χ2v) is 4.92. The van der Waals surface area contributed by atoms with Crippen molar-refractivity contribution in [3.8, 4) is 0 Å². The Morgan fingerprint density at radius 3 is 2.75 bits per heavy atom. The van der Waals surface area contributed by atoms with Crippen LogP contribution < -0.4 is 0 Å². The molecule has 2 saturated carbocycles. The number of aliphatic carboxylic acids is 1. The molecule has 6 heteroatoms. The first-order valence-electron chi connectivity index (χ1n) is 5.67. The molecule has 2 aliphatic rings. The highest BCUT2D eigenvalue weighted by Crippen LogP contribution is 2.57. The van der Waals surface area contributed by atoms with Gasteiger partial charge in [-0.25, -0.2) is 9.48 Å². The Balaban J connectivity index is 1.84. The largest absolute Gasteiger partial charge is 0.480 e. The van der Waals surface area contributed by atoms with Gasteiger partial charge < -0.3 is 5.11 Å². The van der Waals surface area contributed by atoms with Crippen molar-refractivity contribution in [2.24, 2.45) is 11.8 Å². The highest BCUT2D eigenvalue weighted by atomic mass is 16.4. The van der Waals surface area contributed by atoms with Gasteiger partial charge in [0.1, 0.15) is 6.04 Å². The van der Waals surface area contributed by atoms with Crippen molar-refractivity contribution in [3.05, 3.63) is 5.82 Å². The molecule has 0 radical (unpaired) electrons. The smallest absolute Gasteiger partial charge is 0.328 e. The maximum atomic E-state index is 10.9. The zero-order valence-electron chi connectivity index (χ0n) is 9.08. The van der Waals surface area contributed by atoms with Gasteiger partial charge in [0, 0.05) is 5.92 Å². The first-order valence-corrected chi connectivity index (χ1v) is 5.67. The maximum Gasteiger partial charge on any atom is 0.328 e. The number of fused-ring (bicyclic) bond motifs is 1. The first-order chi connectivity index (χ1) is 7.66. The number of carboxylic acids is 1. The van der Waals surface area contributed by atoms with Crippen molar-refractivity contribution in [1.29, 1.82) is 0 Å². The molecule has 3 unspecified atom stereocenters. The molecule has 0 spiro atoms. The third-order valence-electron chi connectivity index (χ3n) is 3.85. The van der Waals surface area contributed by atoms with E-state index < -0.39 is 12.0 Å². The lowest BCUT2D eigenvalue weighted by Gasteiger charge is -2.13. The van der Waals surface area contributed by atoms with E-state index in [0.717, 1.165) is 30.5 Å². The van der Waals surface area contributed by atoms with Crippen molar-refractivity contribution >= 4 is 5.97 Å². The van der Waals surface area contributed by atoms with Crippen LogP contribution in [-0.4, -0.2) is 31.3 Å². The first kappa shape index (κ1) is 9.74. The van der Waals surface area contributed by atoms with Crippen molar-refractivity contribution < 1.29 is 9.90 Å². The number of rotatable bonds is 3. The average molecular weight is 222 g/mol. The summed E-state index contributed by atoms with van der Waals surface area (Å²) in [6.45, 7) is 1.61. The summed E-state index contributed by atoms with van der Waals surface area (Å²) in [6.07, 6.45) is 3.58. The fraction of sp³-hybridized carbons (Fsp3) is 0.800. The van der Waals surface area contributed by atoms with Gasteiger partial charge in [-0.15, -0.1) is 5.10 Å². The van der Waals surface area contributed by atoms with Crippen LogP contribution >= 0.6 is 0 Å². The van der Waals surface area contributed by atoms with Crippen LogP contribution in [0, 0.1) is 11.8 Å². The van der Waals surface area contributed by atoms with Crippen LogP contribution in [0.25, 0.3) is 0 Å². The molecule has 1 heterocycles. The quantitative estimate of drug-likeness (QED) is 0.819. The molecule has 1 N–H and O–H groups in total. The molecule has 0 saturated heterocycles. The third kappa shape index (κ3) is 1.40. The molecule has 86 valence electrons. The number of tetrazole rings is 1. The number of hydrogen-bond acceptors (Lipinski definition) is 4. The van der Waals surface area contributed by atoms with E-state index >= 15 is 0 Å². The topological polar surface area (TPSA) is 80.9 Å². The molecule has 6 nitrogen and oxygen atoms in total. The minimum Gasteiger partial charge on any atom is -0.480 e. The van der Waals surface area contributed by atoms with E-state index in [2.05, 4.69) is 15.5 Å². The minimum absolute atomic E-state index is 0.362. The summed E-state index contributed by atoms with van der Waals surface area (Å²) in [4.78, 5) is 10.9. The standard InChI is InChI=1S/C10H14N4O2/c1-5(10(15)16)14-9(11-12-13-14)8-3-6-2-7(6)4-8/h5-8H,2-4H2,1H3,(H,15,16). The number of nitrogens with zero attached hydrogens (tertiary/aromatic N) is 4. The second-order valence-electron chi connectivity index (χ2n) is 4.92.